The summed E-state index contributed by atoms with van der Waals surface area (Å²) in [5.74, 6) is 1.19. The van der Waals surface area contributed by atoms with Gasteiger partial charge in [-0.2, -0.15) is 0 Å². The van der Waals surface area contributed by atoms with Crippen LogP contribution in [0.1, 0.15) is 12.8 Å². The first-order valence-electron chi connectivity index (χ1n) is 9.21. The molecule has 0 radical (unpaired) electrons. The lowest BCUT2D eigenvalue weighted by Gasteiger charge is -2.29. The number of imidazole rings is 1. The van der Waals surface area contributed by atoms with Crippen LogP contribution in [0.15, 0.2) is 36.4 Å². The van der Waals surface area contributed by atoms with Crippen molar-refractivity contribution in [2.75, 3.05) is 26.7 Å². The van der Waals surface area contributed by atoms with Gasteiger partial charge in [0, 0.05) is 39.2 Å². The minimum atomic E-state index is 0.558. The smallest absolute Gasteiger partial charge is 0.231 e. The van der Waals surface area contributed by atoms with E-state index in [-0.39, 0.29) is 0 Å². The Morgan fingerprint density at radius 3 is 3.11 bits per heavy atom. The Morgan fingerprint density at radius 1 is 1.41 bits per heavy atom. The van der Waals surface area contributed by atoms with Gasteiger partial charge in [-0.3, -0.25) is 0 Å². The van der Waals surface area contributed by atoms with Crippen LogP contribution in [-0.4, -0.2) is 46.2 Å². The number of nitrogens with zero attached hydrogens (tertiary/aromatic N) is 4. The van der Waals surface area contributed by atoms with Crippen LogP contribution in [0, 0.1) is 5.92 Å². The van der Waals surface area contributed by atoms with Crippen molar-refractivity contribution in [3.05, 3.63) is 46.1 Å². The number of ether oxygens (including phenoxy) is 1. The zero-order valence-electron chi connectivity index (χ0n) is 15.6. The summed E-state index contributed by atoms with van der Waals surface area (Å²) in [5, 5.41) is 7.84. The zero-order valence-corrected chi connectivity index (χ0v) is 16.4. The highest BCUT2D eigenvalue weighted by Gasteiger charge is 2.18. The summed E-state index contributed by atoms with van der Waals surface area (Å²) >= 11 is 1.62. The van der Waals surface area contributed by atoms with Crippen molar-refractivity contribution in [2.45, 2.75) is 12.8 Å². The van der Waals surface area contributed by atoms with Gasteiger partial charge in [0.15, 0.2) is 5.65 Å². The van der Waals surface area contributed by atoms with Crippen LogP contribution in [0.4, 0.5) is 0 Å². The van der Waals surface area contributed by atoms with E-state index >= 15 is 0 Å². The predicted octanol–water partition coefficient (Wildman–Crippen LogP) is 2.56. The molecule has 6 heteroatoms. The highest BCUT2D eigenvalue weighted by molar-refractivity contribution is 7.08. The lowest BCUT2D eigenvalue weighted by atomic mass is 10.00. The Balaban J connectivity index is 1.63. The van der Waals surface area contributed by atoms with Crippen molar-refractivity contribution < 1.29 is 4.74 Å². The largest absolute Gasteiger partial charge is 0.476 e. The first kappa shape index (κ1) is 17.9. The average molecular weight is 381 g/mol. The average Bonchev–Trinajstić information content (AvgIpc) is 3.24. The molecule has 3 aromatic rings. The number of hydrogen-bond donors (Lipinski definition) is 0. The van der Waals surface area contributed by atoms with Crippen molar-refractivity contribution in [1.82, 2.24) is 19.5 Å². The summed E-state index contributed by atoms with van der Waals surface area (Å²) in [7, 11) is 2.17. The molecule has 3 aromatic heterocycles. The molecule has 140 valence electrons. The van der Waals surface area contributed by atoms with Crippen LogP contribution in [0.3, 0.4) is 0 Å². The van der Waals surface area contributed by atoms with Crippen LogP contribution in [-0.2, 0) is 0 Å². The highest BCUT2D eigenvalue weighted by Crippen LogP contribution is 2.21. The number of piperidine rings is 1. The van der Waals surface area contributed by atoms with Crippen LogP contribution < -0.4 is 14.5 Å². The fraction of sp³-hybridized carbons (Fsp3) is 0.333. The molecule has 0 aliphatic carbocycles. The Kier molecular flexibility index (Phi) is 5.09. The molecule has 0 bridgehead atoms. The second-order valence-electron chi connectivity index (χ2n) is 7.06. The molecule has 1 fully saturated rings. The van der Waals surface area contributed by atoms with Crippen LogP contribution in [0.5, 0.6) is 5.88 Å². The van der Waals surface area contributed by atoms with Gasteiger partial charge in [-0.15, -0.1) is 16.4 Å². The maximum Gasteiger partial charge on any atom is 0.231 e. The predicted molar refractivity (Wildman–Crippen MR) is 111 cm³/mol. The number of fused-ring (bicyclic) bond motifs is 1. The molecule has 1 atom stereocenters. The van der Waals surface area contributed by atoms with Gasteiger partial charge in [0.25, 0.3) is 0 Å². The Morgan fingerprint density at radius 2 is 2.30 bits per heavy atom. The summed E-state index contributed by atoms with van der Waals surface area (Å²) in [6.45, 7) is 10.9. The molecule has 0 N–H and O–H groups in total. The van der Waals surface area contributed by atoms with E-state index in [0.29, 0.717) is 18.4 Å². The summed E-state index contributed by atoms with van der Waals surface area (Å²) in [6, 6.07) is 3.85. The Hall–Kier alpha value is -2.44. The van der Waals surface area contributed by atoms with Crippen LogP contribution in [0.2, 0.25) is 0 Å². The van der Waals surface area contributed by atoms with Crippen LogP contribution in [0.25, 0.3) is 29.6 Å². The Bertz CT molecular complexity index is 1070. The molecule has 0 aromatic carbocycles. The molecule has 1 aliphatic rings. The zero-order chi connectivity index (χ0) is 18.8. The minimum Gasteiger partial charge on any atom is -0.476 e. The number of allylic oxidation sites excluding steroid dienone is 1. The SMILES string of the molecule is C=C/C=c1/c(-c2cnc3ccc(OCC4CCCN(C)C4)nn23)csc1=C. The van der Waals surface area contributed by atoms with E-state index < -0.39 is 0 Å². The highest BCUT2D eigenvalue weighted by atomic mass is 32.1. The third kappa shape index (κ3) is 3.68. The van der Waals surface area contributed by atoms with Gasteiger partial charge < -0.3 is 9.64 Å². The van der Waals surface area contributed by atoms with Gasteiger partial charge in [-0.05, 0) is 32.5 Å². The molecular weight excluding hydrogens is 356 g/mol. The lowest BCUT2D eigenvalue weighted by Crippen LogP contribution is -2.34. The van der Waals surface area contributed by atoms with E-state index in [1.165, 1.54) is 19.4 Å². The number of rotatable bonds is 5. The standard InChI is InChI=1S/C21H24N4OS/c1-4-6-17-15(2)27-14-18(17)19-11-22-20-8-9-21(23-25(19)20)26-13-16-7-5-10-24(3)12-16/h4,6,8-9,11,14,16H,1-2,5,7,10,12-13H2,3H3/b17-6+. The summed E-state index contributed by atoms with van der Waals surface area (Å²) in [4.78, 5) is 6.86. The summed E-state index contributed by atoms with van der Waals surface area (Å²) in [5.41, 5.74) is 2.80. The maximum absolute atomic E-state index is 6.03. The molecule has 4 heterocycles. The van der Waals surface area contributed by atoms with Crippen LogP contribution >= 0.6 is 11.3 Å². The molecule has 4 rings (SSSR count). The molecule has 5 nitrogen and oxygen atoms in total. The van der Waals surface area contributed by atoms with E-state index in [4.69, 9.17) is 4.74 Å². The number of likely N-dealkylation sites (tertiary alicyclic amines) is 1. The van der Waals surface area contributed by atoms with Crippen molar-refractivity contribution in [3.8, 4) is 17.1 Å². The monoisotopic (exact) mass is 380 g/mol. The molecular formula is C21H24N4OS. The second kappa shape index (κ2) is 7.66. The molecule has 1 unspecified atom stereocenters. The van der Waals surface area contributed by atoms with Gasteiger partial charge in [0.2, 0.25) is 5.88 Å². The van der Waals surface area contributed by atoms with E-state index in [0.717, 1.165) is 33.2 Å². The van der Waals surface area contributed by atoms with Gasteiger partial charge >= 0.3 is 0 Å². The molecule has 1 aliphatic heterocycles. The molecule has 0 amide bonds. The number of hydrogen-bond acceptors (Lipinski definition) is 5. The van der Waals surface area contributed by atoms with Crippen molar-refractivity contribution in [2.24, 2.45) is 5.92 Å². The van der Waals surface area contributed by atoms with E-state index in [9.17, 15) is 0 Å². The maximum atomic E-state index is 6.03. The fourth-order valence-corrected chi connectivity index (χ4v) is 4.45. The molecule has 0 spiro atoms. The quantitative estimate of drug-likeness (QED) is 0.682. The summed E-state index contributed by atoms with van der Waals surface area (Å²) in [6.07, 6.45) is 8.06. The fourth-order valence-electron chi connectivity index (χ4n) is 3.64. The minimum absolute atomic E-state index is 0.558. The third-order valence-corrected chi connectivity index (χ3v) is 5.85. The molecule has 0 saturated carbocycles. The van der Waals surface area contributed by atoms with Gasteiger partial charge in [0.1, 0.15) is 0 Å². The van der Waals surface area contributed by atoms with Crippen molar-refractivity contribution in [1.29, 1.82) is 0 Å². The number of aromatic nitrogens is 3. The third-order valence-electron chi connectivity index (χ3n) is 5.00. The normalized spacial score (nSPS) is 18.9. The van der Waals surface area contributed by atoms with E-state index in [1.54, 1.807) is 17.4 Å². The summed E-state index contributed by atoms with van der Waals surface area (Å²) < 4.78 is 8.88. The first-order valence-corrected chi connectivity index (χ1v) is 10.1. The van der Waals surface area contributed by atoms with Gasteiger partial charge in [-0.25, -0.2) is 9.50 Å². The lowest BCUT2D eigenvalue weighted by molar-refractivity contribution is 0.146. The van der Waals surface area contributed by atoms with Crippen molar-refractivity contribution >= 4 is 29.6 Å². The van der Waals surface area contributed by atoms with E-state index in [2.05, 4.69) is 40.6 Å². The number of thiophene rings is 1. The van der Waals surface area contributed by atoms with E-state index in [1.807, 2.05) is 28.9 Å². The molecule has 1 saturated heterocycles. The van der Waals surface area contributed by atoms with Crippen molar-refractivity contribution in [3.63, 3.8) is 0 Å². The Labute approximate surface area is 162 Å². The molecule has 27 heavy (non-hydrogen) atoms. The topological polar surface area (TPSA) is 42.7 Å². The van der Waals surface area contributed by atoms with Gasteiger partial charge in [0.05, 0.1) is 18.5 Å². The van der Waals surface area contributed by atoms with Gasteiger partial charge in [-0.1, -0.05) is 25.3 Å². The first-order chi connectivity index (χ1) is 13.2. The second-order valence-corrected chi connectivity index (χ2v) is 8.02.